The molecule has 29 heavy (non-hydrogen) atoms. The highest BCUT2D eigenvalue weighted by Crippen LogP contribution is 2.27. The first kappa shape index (κ1) is 19.3. The molecule has 1 amide bonds. The van der Waals surface area contributed by atoms with Crippen molar-refractivity contribution in [2.45, 2.75) is 31.7 Å². The number of rotatable bonds is 5. The summed E-state index contributed by atoms with van der Waals surface area (Å²) in [6.45, 7) is 2.84. The third-order valence-electron chi connectivity index (χ3n) is 5.40. The van der Waals surface area contributed by atoms with Gasteiger partial charge in [-0.1, -0.05) is 47.6 Å². The van der Waals surface area contributed by atoms with Crippen molar-refractivity contribution in [1.29, 1.82) is 0 Å². The molecule has 3 aromatic rings. The summed E-state index contributed by atoms with van der Waals surface area (Å²) in [5.74, 6) is 0.519. The molecule has 1 saturated heterocycles. The predicted molar refractivity (Wildman–Crippen MR) is 106 cm³/mol. The number of likely N-dealkylation sites (tertiary alicyclic amines) is 1. The van der Waals surface area contributed by atoms with Crippen LogP contribution in [0.4, 0.5) is 4.39 Å². The number of nitrogens with zero attached hydrogens (tertiary/aromatic N) is 3. The van der Waals surface area contributed by atoms with Crippen LogP contribution in [-0.2, 0) is 11.2 Å². The highest BCUT2D eigenvalue weighted by Gasteiger charge is 2.33. The second kappa shape index (κ2) is 8.13. The summed E-state index contributed by atoms with van der Waals surface area (Å²) in [7, 11) is 0. The van der Waals surface area contributed by atoms with E-state index >= 15 is 0 Å². The van der Waals surface area contributed by atoms with Gasteiger partial charge in [0.2, 0.25) is 17.6 Å². The Morgan fingerprint density at radius 1 is 1.24 bits per heavy atom. The number of halogens is 1. The van der Waals surface area contributed by atoms with Gasteiger partial charge in [0, 0.05) is 43.5 Å². The second-order valence-electron chi connectivity index (χ2n) is 7.46. The van der Waals surface area contributed by atoms with Crippen molar-refractivity contribution in [1.82, 2.24) is 15.0 Å². The van der Waals surface area contributed by atoms with E-state index in [0.717, 1.165) is 5.56 Å². The third-order valence-corrected chi connectivity index (χ3v) is 5.40. The Morgan fingerprint density at radius 3 is 2.79 bits per heavy atom. The Hall–Kier alpha value is -3.06. The maximum Gasteiger partial charge on any atom is 0.227 e. The topological polar surface area (TPSA) is 85.2 Å². The molecular formula is C22H23FN4O2. The fourth-order valence-corrected chi connectivity index (χ4v) is 3.66. The molecule has 2 heterocycles. The van der Waals surface area contributed by atoms with Crippen LogP contribution in [0.25, 0.3) is 11.4 Å². The van der Waals surface area contributed by atoms with E-state index in [9.17, 15) is 9.18 Å². The molecule has 0 radical (unpaired) electrons. The number of hydrogen-bond donors (Lipinski definition) is 1. The van der Waals surface area contributed by atoms with Crippen LogP contribution in [0.1, 0.15) is 29.4 Å². The van der Waals surface area contributed by atoms with Gasteiger partial charge >= 0.3 is 0 Å². The van der Waals surface area contributed by atoms with Crippen LogP contribution < -0.4 is 5.73 Å². The summed E-state index contributed by atoms with van der Waals surface area (Å²) in [4.78, 5) is 18.7. The van der Waals surface area contributed by atoms with E-state index in [1.54, 1.807) is 24.0 Å². The molecule has 0 spiro atoms. The summed E-state index contributed by atoms with van der Waals surface area (Å²) in [6, 6.07) is 14.8. The van der Waals surface area contributed by atoms with Crippen LogP contribution in [0, 0.1) is 12.7 Å². The molecule has 0 bridgehead atoms. The minimum absolute atomic E-state index is 0.0139. The SMILES string of the molecule is Cc1ccc(-c2noc(CCC(=O)N3C[C@@H](N)[C@H](c4ccccc4)C3)n2)cc1F. The van der Waals surface area contributed by atoms with Crippen LogP contribution in [-0.4, -0.2) is 40.1 Å². The van der Waals surface area contributed by atoms with Crippen LogP contribution in [0.2, 0.25) is 0 Å². The zero-order valence-electron chi connectivity index (χ0n) is 16.2. The third kappa shape index (κ3) is 4.19. The predicted octanol–water partition coefficient (Wildman–Crippen LogP) is 3.07. The van der Waals surface area contributed by atoms with Crippen LogP contribution in [0.5, 0.6) is 0 Å². The zero-order chi connectivity index (χ0) is 20.4. The highest BCUT2D eigenvalue weighted by atomic mass is 19.1. The van der Waals surface area contributed by atoms with Gasteiger partial charge in [-0.05, 0) is 24.1 Å². The monoisotopic (exact) mass is 394 g/mol. The van der Waals surface area contributed by atoms with Crippen molar-refractivity contribution in [3.05, 3.63) is 71.4 Å². The van der Waals surface area contributed by atoms with E-state index < -0.39 is 0 Å². The molecule has 2 N–H and O–H groups in total. The van der Waals surface area contributed by atoms with Crippen molar-refractivity contribution >= 4 is 5.91 Å². The fraction of sp³-hybridized carbons (Fsp3) is 0.318. The largest absolute Gasteiger partial charge is 0.340 e. The second-order valence-corrected chi connectivity index (χ2v) is 7.46. The van der Waals surface area contributed by atoms with Gasteiger partial charge in [0.25, 0.3) is 0 Å². The Balaban J connectivity index is 1.35. The van der Waals surface area contributed by atoms with E-state index in [1.807, 2.05) is 30.3 Å². The normalized spacial score (nSPS) is 18.9. The van der Waals surface area contributed by atoms with E-state index in [1.165, 1.54) is 6.07 Å². The molecule has 2 aromatic carbocycles. The Bertz CT molecular complexity index is 1010. The van der Waals surface area contributed by atoms with E-state index in [-0.39, 0.29) is 30.1 Å². The molecule has 7 heteroatoms. The molecule has 1 aliphatic heterocycles. The van der Waals surface area contributed by atoms with Gasteiger partial charge < -0.3 is 15.2 Å². The van der Waals surface area contributed by atoms with Crippen LogP contribution in [0.15, 0.2) is 53.1 Å². The van der Waals surface area contributed by atoms with E-state index in [0.29, 0.717) is 42.4 Å². The van der Waals surface area contributed by atoms with Gasteiger partial charge in [-0.3, -0.25) is 4.79 Å². The Labute approximate surface area is 168 Å². The molecule has 150 valence electrons. The first-order valence-corrected chi connectivity index (χ1v) is 9.68. The molecule has 2 atom stereocenters. The molecule has 1 fully saturated rings. The fourth-order valence-electron chi connectivity index (χ4n) is 3.66. The lowest BCUT2D eigenvalue weighted by Crippen LogP contribution is -2.32. The van der Waals surface area contributed by atoms with Crippen LogP contribution in [0.3, 0.4) is 0 Å². The number of nitrogens with two attached hydrogens (primary N) is 1. The molecular weight excluding hydrogens is 371 g/mol. The van der Waals surface area contributed by atoms with E-state index in [2.05, 4.69) is 10.1 Å². The van der Waals surface area contributed by atoms with Crippen molar-refractivity contribution in [3.8, 4) is 11.4 Å². The maximum absolute atomic E-state index is 13.7. The zero-order valence-corrected chi connectivity index (χ0v) is 16.2. The number of hydrogen-bond acceptors (Lipinski definition) is 5. The number of benzene rings is 2. The maximum atomic E-state index is 13.7. The minimum atomic E-state index is -0.317. The minimum Gasteiger partial charge on any atom is -0.340 e. The van der Waals surface area contributed by atoms with Gasteiger partial charge in [-0.15, -0.1) is 0 Å². The summed E-state index contributed by atoms with van der Waals surface area (Å²) >= 11 is 0. The van der Waals surface area contributed by atoms with Gasteiger partial charge in [0.15, 0.2) is 0 Å². The van der Waals surface area contributed by atoms with E-state index in [4.69, 9.17) is 10.3 Å². The lowest BCUT2D eigenvalue weighted by atomic mass is 9.95. The lowest BCUT2D eigenvalue weighted by molar-refractivity contribution is -0.130. The average Bonchev–Trinajstić information content (AvgIpc) is 3.36. The summed E-state index contributed by atoms with van der Waals surface area (Å²) in [6.07, 6.45) is 0.597. The number of aromatic nitrogens is 2. The number of aryl methyl sites for hydroxylation is 2. The Morgan fingerprint density at radius 2 is 2.03 bits per heavy atom. The highest BCUT2D eigenvalue weighted by molar-refractivity contribution is 5.77. The van der Waals surface area contributed by atoms with Gasteiger partial charge in [-0.25, -0.2) is 4.39 Å². The molecule has 1 aromatic heterocycles. The number of amides is 1. The van der Waals surface area contributed by atoms with Gasteiger partial charge in [0.05, 0.1) is 0 Å². The first-order valence-electron chi connectivity index (χ1n) is 9.68. The van der Waals surface area contributed by atoms with Crippen molar-refractivity contribution in [2.24, 2.45) is 5.73 Å². The van der Waals surface area contributed by atoms with Crippen molar-refractivity contribution < 1.29 is 13.7 Å². The standard InChI is InChI=1S/C22H23FN4O2/c1-14-7-8-16(11-18(14)23)22-25-20(29-26-22)9-10-21(28)27-12-17(19(24)13-27)15-5-3-2-4-6-15/h2-8,11,17,19H,9-10,12-13,24H2,1H3/t17-,19+/m0/s1. The van der Waals surface area contributed by atoms with Gasteiger partial charge in [-0.2, -0.15) is 4.98 Å². The lowest BCUT2D eigenvalue weighted by Gasteiger charge is -2.16. The number of carbonyl (C=O) groups excluding carboxylic acids is 1. The Kier molecular flexibility index (Phi) is 5.40. The van der Waals surface area contributed by atoms with Crippen molar-refractivity contribution in [3.63, 3.8) is 0 Å². The van der Waals surface area contributed by atoms with Crippen molar-refractivity contribution in [2.75, 3.05) is 13.1 Å². The quantitative estimate of drug-likeness (QED) is 0.719. The first-order chi connectivity index (χ1) is 14.0. The summed E-state index contributed by atoms with van der Waals surface area (Å²) in [5, 5.41) is 3.90. The molecule has 1 aliphatic rings. The summed E-state index contributed by atoms with van der Waals surface area (Å²) in [5.41, 5.74) is 8.53. The molecule has 4 rings (SSSR count). The smallest absolute Gasteiger partial charge is 0.227 e. The molecule has 0 unspecified atom stereocenters. The van der Waals surface area contributed by atoms with Gasteiger partial charge in [0.1, 0.15) is 5.82 Å². The molecule has 0 saturated carbocycles. The van der Waals surface area contributed by atoms with Crippen LogP contribution >= 0.6 is 0 Å². The number of carbonyl (C=O) groups is 1. The molecule has 0 aliphatic carbocycles. The average molecular weight is 394 g/mol. The molecule has 6 nitrogen and oxygen atoms in total. The summed E-state index contributed by atoms with van der Waals surface area (Å²) < 4.78 is 19.0.